The third-order valence-corrected chi connectivity index (χ3v) is 12.3. The van der Waals surface area contributed by atoms with E-state index < -0.39 is 0 Å². The van der Waals surface area contributed by atoms with Gasteiger partial charge in [0.25, 0.3) is 0 Å². The lowest BCUT2D eigenvalue weighted by atomic mass is 9.86. The average molecular weight is 731 g/mol. The lowest BCUT2D eigenvalue weighted by molar-refractivity contribution is 0.669. The number of rotatable bonds is 5. The largest absolute Gasteiger partial charge is 0.456 e. The quantitative estimate of drug-likeness (QED) is 0.173. The van der Waals surface area contributed by atoms with Crippen molar-refractivity contribution in [2.24, 2.45) is 0 Å². The molecule has 2 aliphatic carbocycles. The molecule has 0 bridgehead atoms. The number of nitrogens with zero attached hydrogens (tertiary/aromatic N) is 2. The van der Waals surface area contributed by atoms with Crippen LogP contribution in [-0.4, -0.2) is 9.13 Å². The van der Waals surface area contributed by atoms with Crippen LogP contribution in [0.15, 0.2) is 186 Å². The summed E-state index contributed by atoms with van der Waals surface area (Å²) in [5.41, 5.74) is 16.9. The van der Waals surface area contributed by atoms with Gasteiger partial charge in [0.05, 0.1) is 16.6 Å². The molecule has 57 heavy (non-hydrogen) atoms. The Morgan fingerprint density at radius 1 is 0.474 bits per heavy atom. The van der Waals surface area contributed by atoms with Gasteiger partial charge in [0.15, 0.2) is 0 Å². The van der Waals surface area contributed by atoms with E-state index in [0.717, 1.165) is 46.9 Å². The molecule has 3 heteroatoms. The van der Waals surface area contributed by atoms with Crippen molar-refractivity contribution in [1.29, 1.82) is 0 Å². The van der Waals surface area contributed by atoms with E-state index in [-0.39, 0.29) is 5.92 Å². The maximum atomic E-state index is 6.20. The van der Waals surface area contributed by atoms with Gasteiger partial charge in [0.2, 0.25) is 0 Å². The van der Waals surface area contributed by atoms with Crippen LogP contribution in [0.25, 0.3) is 88.8 Å². The Bertz CT molecular complexity index is 3330. The van der Waals surface area contributed by atoms with Crippen LogP contribution in [0.5, 0.6) is 0 Å². The van der Waals surface area contributed by atoms with E-state index in [1.54, 1.807) is 0 Å². The minimum Gasteiger partial charge on any atom is -0.456 e. The fraction of sp³-hybridized carbons (Fsp3) is 0.0741. The van der Waals surface area contributed by atoms with Crippen molar-refractivity contribution < 1.29 is 4.42 Å². The Balaban J connectivity index is 0.979. The van der Waals surface area contributed by atoms with Crippen LogP contribution in [0.2, 0.25) is 0 Å². The van der Waals surface area contributed by atoms with Crippen molar-refractivity contribution in [3.8, 4) is 22.5 Å². The third kappa shape index (κ3) is 5.12. The number of hydrogen-bond donors (Lipinski definition) is 0. The van der Waals surface area contributed by atoms with Crippen molar-refractivity contribution in [3.63, 3.8) is 0 Å². The van der Waals surface area contributed by atoms with Gasteiger partial charge in [0.1, 0.15) is 11.2 Å². The molecule has 2 aliphatic rings. The van der Waals surface area contributed by atoms with Crippen molar-refractivity contribution in [3.05, 3.63) is 204 Å². The highest BCUT2D eigenvalue weighted by atomic mass is 16.3. The second kappa shape index (κ2) is 12.7. The first-order valence-corrected chi connectivity index (χ1v) is 20.1. The summed E-state index contributed by atoms with van der Waals surface area (Å²) in [4.78, 5) is 0. The van der Waals surface area contributed by atoms with E-state index in [1.807, 2.05) is 12.1 Å². The van der Waals surface area contributed by atoms with Crippen LogP contribution < -0.4 is 0 Å². The second-order valence-electron chi connectivity index (χ2n) is 15.6. The molecule has 0 fully saturated rings. The molecule has 0 saturated heterocycles. The van der Waals surface area contributed by atoms with E-state index in [0.29, 0.717) is 0 Å². The molecular formula is C54H38N2O. The molecule has 0 amide bonds. The lowest BCUT2D eigenvalue weighted by Crippen LogP contribution is -2.07. The summed E-state index contributed by atoms with van der Waals surface area (Å²) in [6, 6.07) is 57.8. The van der Waals surface area contributed by atoms with E-state index in [9.17, 15) is 0 Å². The molecular weight excluding hydrogens is 693 g/mol. The van der Waals surface area contributed by atoms with E-state index >= 15 is 0 Å². The first-order valence-electron chi connectivity index (χ1n) is 20.1. The number of benzene rings is 7. The molecule has 0 saturated carbocycles. The molecule has 10 aromatic rings. The monoisotopic (exact) mass is 730 g/mol. The fourth-order valence-corrected chi connectivity index (χ4v) is 9.60. The van der Waals surface area contributed by atoms with Gasteiger partial charge in [-0.25, -0.2) is 0 Å². The first-order chi connectivity index (χ1) is 28.2. The zero-order valence-electron chi connectivity index (χ0n) is 31.4. The van der Waals surface area contributed by atoms with Crippen LogP contribution in [0.4, 0.5) is 0 Å². The maximum Gasteiger partial charge on any atom is 0.135 e. The Labute approximate surface area is 330 Å². The predicted octanol–water partition coefficient (Wildman–Crippen LogP) is 14.4. The minimum absolute atomic E-state index is 0.251. The summed E-state index contributed by atoms with van der Waals surface area (Å²) < 4.78 is 11.1. The molecule has 1 unspecified atom stereocenters. The molecule has 0 spiro atoms. The highest BCUT2D eigenvalue weighted by molar-refractivity contribution is 6.10. The Kier molecular flexibility index (Phi) is 7.18. The third-order valence-electron chi connectivity index (χ3n) is 12.3. The van der Waals surface area contributed by atoms with Gasteiger partial charge in [0, 0.05) is 49.9 Å². The topological polar surface area (TPSA) is 23.0 Å². The summed E-state index contributed by atoms with van der Waals surface area (Å²) in [7, 11) is 0. The highest BCUT2D eigenvalue weighted by Crippen LogP contribution is 2.42. The predicted molar refractivity (Wildman–Crippen MR) is 239 cm³/mol. The van der Waals surface area contributed by atoms with Crippen molar-refractivity contribution in [2.45, 2.75) is 25.2 Å². The summed E-state index contributed by atoms with van der Waals surface area (Å²) in [6.45, 7) is 0. The average Bonchev–Trinajstić information content (AvgIpc) is 3.94. The molecule has 3 heterocycles. The number of aromatic nitrogens is 2. The number of furan rings is 1. The zero-order valence-corrected chi connectivity index (χ0v) is 31.4. The number of para-hydroxylation sites is 3. The van der Waals surface area contributed by atoms with E-state index in [4.69, 9.17) is 4.42 Å². The van der Waals surface area contributed by atoms with Gasteiger partial charge in [-0.3, -0.25) is 0 Å². The zero-order chi connectivity index (χ0) is 37.5. The van der Waals surface area contributed by atoms with Gasteiger partial charge in [-0.15, -0.1) is 0 Å². The van der Waals surface area contributed by atoms with Crippen molar-refractivity contribution in [1.82, 2.24) is 9.13 Å². The smallest absolute Gasteiger partial charge is 0.135 e. The van der Waals surface area contributed by atoms with E-state index in [1.165, 1.54) is 77.5 Å². The molecule has 7 aromatic carbocycles. The van der Waals surface area contributed by atoms with Gasteiger partial charge in [-0.1, -0.05) is 115 Å². The molecule has 12 rings (SSSR count). The summed E-state index contributed by atoms with van der Waals surface area (Å²) in [5.74, 6) is 0.251. The van der Waals surface area contributed by atoms with Gasteiger partial charge >= 0.3 is 0 Å². The number of fused-ring (bicyclic) bond motifs is 9. The Morgan fingerprint density at radius 2 is 1.21 bits per heavy atom. The summed E-state index contributed by atoms with van der Waals surface area (Å²) >= 11 is 0. The summed E-state index contributed by atoms with van der Waals surface area (Å²) in [5, 5.41) is 6.17. The van der Waals surface area contributed by atoms with Crippen molar-refractivity contribution >= 4 is 66.3 Å². The normalized spacial score (nSPS) is 15.3. The maximum absolute atomic E-state index is 6.20. The molecule has 270 valence electrons. The molecule has 3 nitrogen and oxygen atoms in total. The van der Waals surface area contributed by atoms with Crippen LogP contribution in [0.1, 0.15) is 41.1 Å². The SMILES string of the molecule is C1=CC(c2cc(-c3ccccc3)cc(-n3c4ccccc4c4cc(C5C=Cc6c(c7ccccc7n6-c6ccc7oc8ccccc8c7c6)C5)ccc43)c2)=CCC1. The fourth-order valence-electron chi connectivity index (χ4n) is 9.60. The molecule has 0 aliphatic heterocycles. The minimum atomic E-state index is 0.251. The van der Waals surface area contributed by atoms with Crippen LogP contribution in [0.3, 0.4) is 0 Å². The number of allylic oxidation sites excluding steroid dienone is 5. The van der Waals surface area contributed by atoms with Crippen LogP contribution >= 0.6 is 0 Å². The molecule has 0 N–H and O–H groups in total. The van der Waals surface area contributed by atoms with Crippen LogP contribution in [0, 0.1) is 0 Å². The first kappa shape index (κ1) is 32.2. The molecule has 1 atom stereocenters. The van der Waals surface area contributed by atoms with E-state index in [2.05, 4.69) is 185 Å². The standard InChI is InChI=1S/C54H38N2O/c1-3-13-35(14-4-1)39-29-40(36-15-5-2-6-16-36)31-42(30-39)56-50-21-11-8-18-44(50)47-33-38(24-27-52(47)56)37-23-26-51-46(32-37)43-17-7-10-20-49(43)55(51)41-25-28-54-48(34-41)45-19-9-12-22-53(45)57-54/h1,3-5,7-31,33-34,37H,2,6,32H2. The lowest BCUT2D eigenvalue weighted by Gasteiger charge is -2.20. The summed E-state index contributed by atoms with van der Waals surface area (Å²) in [6.07, 6.45) is 14.9. The Morgan fingerprint density at radius 3 is 2.07 bits per heavy atom. The number of hydrogen-bond acceptors (Lipinski definition) is 1. The van der Waals surface area contributed by atoms with Gasteiger partial charge < -0.3 is 13.6 Å². The van der Waals surface area contributed by atoms with Gasteiger partial charge in [-0.2, -0.15) is 0 Å². The second-order valence-corrected chi connectivity index (χ2v) is 15.6. The van der Waals surface area contributed by atoms with Crippen LogP contribution in [-0.2, 0) is 6.42 Å². The van der Waals surface area contributed by atoms with Crippen molar-refractivity contribution in [2.75, 3.05) is 0 Å². The molecule has 3 aromatic heterocycles. The highest BCUT2D eigenvalue weighted by Gasteiger charge is 2.25. The molecule has 0 radical (unpaired) electrons. The Hall–Kier alpha value is -7.10. The van der Waals surface area contributed by atoms with Gasteiger partial charge in [-0.05, 0) is 125 Å².